The molecular weight excluding hydrogens is 472 g/mol. The van der Waals surface area contributed by atoms with Gasteiger partial charge >= 0.3 is 0 Å². The molecule has 188 valence electrons. The molecule has 6 nitrogen and oxygen atoms in total. The molecule has 2 aliphatic rings. The number of hydrogen-bond acceptors (Lipinski definition) is 4. The first kappa shape index (κ1) is 22.8. The van der Waals surface area contributed by atoms with Gasteiger partial charge in [0.1, 0.15) is 11.7 Å². The highest BCUT2D eigenvalue weighted by atomic mass is 16.2. The third kappa shape index (κ3) is 2.39. The smallest absolute Gasteiger partial charge is 0.259 e. The maximum Gasteiger partial charge on any atom is 0.259 e. The molecule has 5 aromatic carbocycles. The fraction of sp³-hybridized carbons (Fsp3) is 0.250. The van der Waals surface area contributed by atoms with Crippen molar-refractivity contribution in [2.75, 3.05) is 28.2 Å². The van der Waals surface area contributed by atoms with Gasteiger partial charge in [0.15, 0.2) is 0 Å². The average Bonchev–Trinajstić information content (AvgIpc) is 2.88. The molecule has 0 fully saturated rings. The molecule has 0 saturated heterocycles. The summed E-state index contributed by atoms with van der Waals surface area (Å²) in [5.74, 6) is 1.30. The molecule has 0 aliphatic carbocycles. The lowest BCUT2D eigenvalue weighted by Crippen LogP contribution is -2.38. The maximum atomic E-state index is 13.6. The second-order valence-corrected chi connectivity index (χ2v) is 10.8. The Labute approximate surface area is 220 Å². The lowest BCUT2D eigenvalue weighted by molar-refractivity contribution is 0.0862. The quantitative estimate of drug-likeness (QED) is 0.196. The van der Waals surface area contributed by atoms with Gasteiger partial charge in [-0.2, -0.15) is 0 Å². The van der Waals surface area contributed by atoms with Crippen molar-refractivity contribution in [1.29, 1.82) is 0 Å². The first-order valence-electron chi connectivity index (χ1n) is 12.8. The fourth-order valence-electron chi connectivity index (χ4n) is 7.25. The Hall–Kier alpha value is -4.32. The Bertz CT molecular complexity index is 1880. The van der Waals surface area contributed by atoms with Crippen LogP contribution in [-0.4, -0.2) is 61.5 Å². The fourth-order valence-corrected chi connectivity index (χ4v) is 7.25. The van der Waals surface area contributed by atoms with Crippen molar-refractivity contribution in [2.45, 2.75) is 27.7 Å². The van der Waals surface area contributed by atoms with Crippen molar-refractivity contribution >= 4 is 66.6 Å². The van der Waals surface area contributed by atoms with E-state index in [1.54, 1.807) is 38.0 Å². The molecule has 0 bridgehead atoms. The molecule has 6 heteroatoms. The minimum Gasteiger partial charge on any atom is -0.296 e. The highest BCUT2D eigenvalue weighted by molar-refractivity contribution is 6.43. The van der Waals surface area contributed by atoms with Crippen LogP contribution >= 0.6 is 0 Å². The van der Waals surface area contributed by atoms with Gasteiger partial charge in [-0.05, 0) is 107 Å². The minimum atomic E-state index is -0.0375. The molecule has 2 heterocycles. The van der Waals surface area contributed by atoms with Crippen LogP contribution in [0.2, 0.25) is 0 Å². The number of carbonyl (C=O) groups excluding carboxylic acids is 2. The zero-order valence-corrected chi connectivity index (χ0v) is 22.9. The third-order valence-electron chi connectivity index (χ3n) is 8.71. The number of carbonyl (C=O) groups is 2. The summed E-state index contributed by atoms with van der Waals surface area (Å²) >= 11 is 0. The Balaban J connectivity index is 1.87. The van der Waals surface area contributed by atoms with Gasteiger partial charge in [-0.15, -0.1) is 0 Å². The van der Waals surface area contributed by atoms with E-state index in [9.17, 15) is 9.59 Å². The van der Waals surface area contributed by atoms with Crippen LogP contribution in [0.15, 0.2) is 34.3 Å². The van der Waals surface area contributed by atoms with Crippen LogP contribution in [0.25, 0.3) is 43.1 Å². The molecular formula is C32H28N4O2. The lowest BCUT2D eigenvalue weighted by atomic mass is 9.77. The highest BCUT2D eigenvalue weighted by Gasteiger charge is 2.35. The summed E-state index contributed by atoms with van der Waals surface area (Å²) < 4.78 is 0. The topological polar surface area (TPSA) is 65.3 Å². The summed E-state index contributed by atoms with van der Waals surface area (Å²) in [6, 6.07) is 8.43. The predicted molar refractivity (Wildman–Crippen MR) is 156 cm³/mol. The summed E-state index contributed by atoms with van der Waals surface area (Å²) in [6.45, 7) is 8.48. The van der Waals surface area contributed by atoms with Crippen LogP contribution in [0.5, 0.6) is 0 Å². The maximum absolute atomic E-state index is 13.6. The number of hydrogen-bond donors (Lipinski definition) is 0. The Morgan fingerprint density at radius 2 is 0.763 bits per heavy atom. The first-order chi connectivity index (χ1) is 18.1. The van der Waals surface area contributed by atoms with Crippen molar-refractivity contribution in [3.63, 3.8) is 0 Å². The number of rotatable bonds is 0. The van der Waals surface area contributed by atoms with Crippen LogP contribution in [0.1, 0.15) is 54.1 Å². The Kier molecular flexibility index (Phi) is 4.30. The van der Waals surface area contributed by atoms with Gasteiger partial charge in [0, 0.05) is 61.2 Å². The molecule has 2 aliphatic heterocycles. The van der Waals surface area contributed by atoms with E-state index in [-0.39, 0.29) is 11.8 Å². The molecule has 0 saturated carbocycles. The molecule has 0 aromatic heterocycles. The van der Waals surface area contributed by atoms with E-state index < -0.39 is 0 Å². The molecule has 0 N–H and O–H groups in total. The van der Waals surface area contributed by atoms with Gasteiger partial charge in [-0.3, -0.25) is 29.4 Å². The summed E-state index contributed by atoms with van der Waals surface area (Å²) in [6.07, 6.45) is 0. The van der Waals surface area contributed by atoms with E-state index in [1.807, 2.05) is 12.1 Å². The lowest BCUT2D eigenvalue weighted by Gasteiger charge is -2.32. The number of amides is 2. The standard InChI is InChI=1S/C32H28N4O2/c1-13-9-17-25-19(31(37)35(7)29(17)33-5)11-15(3)23-24-16(4)12-20-26-18(30(34-6)36(8)32(20)38)10-14(2)22(28(24)26)21(13)27(23)25/h9-12H,1-8H3/b33-29-,34-30-. The molecule has 2 amide bonds. The Morgan fingerprint density at radius 1 is 0.474 bits per heavy atom. The summed E-state index contributed by atoms with van der Waals surface area (Å²) in [5.41, 5.74) is 7.78. The second kappa shape index (κ2) is 7.16. The monoisotopic (exact) mass is 500 g/mol. The third-order valence-corrected chi connectivity index (χ3v) is 8.71. The Morgan fingerprint density at radius 3 is 1.05 bits per heavy atom. The van der Waals surface area contributed by atoms with E-state index in [1.165, 1.54) is 0 Å². The number of fused-ring (bicyclic) bond motifs is 2. The van der Waals surface area contributed by atoms with Crippen LogP contribution in [0.3, 0.4) is 0 Å². The van der Waals surface area contributed by atoms with Crippen molar-refractivity contribution in [2.24, 2.45) is 9.98 Å². The minimum absolute atomic E-state index is 0.0375. The number of nitrogens with zero attached hydrogens (tertiary/aromatic N) is 4. The summed E-state index contributed by atoms with van der Waals surface area (Å²) in [7, 11) is 7.08. The van der Waals surface area contributed by atoms with Crippen LogP contribution < -0.4 is 0 Å². The normalized spacial score (nSPS) is 17.6. The summed E-state index contributed by atoms with van der Waals surface area (Å²) in [4.78, 5) is 39.5. The SMILES string of the molecule is C/N=C1/c2cc(C)c3c4c(C)cc5c6c(cc(C)c(c7c(C)cc(c2c73)C(=O)N1C)c64)C(=O)N(C)/C5=N\C. The van der Waals surface area contributed by atoms with Gasteiger partial charge in [0.2, 0.25) is 0 Å². The number of benzene rings is 5. The van der Waals surface area contributed by atoms with E-state index in [0.29, 0.717) is 22.8 Å². The van der Waals surface area contributed by atoms with Crippen molar-refractivity contribution < 1.29 is 9.59 Å². The van der Waals surface area contributed by atoms with E-state index in [2.05, 4.69) is 49.8 Å². The van der Waals surface area contributed by atoms with E-state index in [4.69, 9.17) is 0 Å². The zero-order chi connectivity index (χ0) is 26.9. The van der Waals surface area contributed by atoms with E-state index in [0.717, 1.165) is 76.5 Å². The van der Waals surface area contributed by atoms with Crippen LogP contribution in [0, 0.1) is 27.7 Å². The molecule has 7 rings (SSSR count). The first-order valence-corrected chi connectivity index (χ1v) is 12.8. The van der Waals surface area contributed by atoms with Gasteiger partial charge in [0.25, 0.3) is 11.8 Å². The van der Waals surface area contributed by atoms with Crippen molar-refractivity contribution in [1.82, 2.24) is 9.80 Å². The molecule has 0 spiro atoms. The second-order valence-electron chi connectivity index (χ2n) is 10.8. The number of aliphatic imine (C=N–C) groups is 2. The van der Waals surface area contributed by atoms with Gasteiger partial charge < -0.3 is 0 Å². The molecule has 0 unspecified atom stereocenters. The summed E-state index contributed by atoms with van der Waals surface area (Å²) in [5, 5.41) is 8.75. The number of aryl methyl sites for hydroxylation is 4. The largest absolute Gasteiger partial charge is 0.296 e. The van der Waals surface area contributed by atoms with Crippen LogP contribution in [0.4, 0.5) is 0 Å². The van der Waals surface area contributed by atoms with Crippen molar-refractivity contribution in [3.8, 4) is 0 Å². The number of amidine groups is 2. The van der Waals surface area contributed by atoms with Gasteiger partial charge in [-0.25, -0.2) is 0 Å². The molecule has 5 aromatic rings. The van der Waals surface area contributed by atoms with Gasteiger partial charge in [0.05, 0.1) is 0 Å². The predicted octanol–water partition coefficient (Wildman–Crippen LogP) is 5.89. The van der Waals surface area contributed by atoms with E-state index >= 15 is 0 Å². The molecule has 0 radical (unpaired) electrons. The van der Waals surface area contributed by atoms with Gasteiger partial charge in [-0.1, -0.05) is 0 Å². The highest BCUT2D eigenvalue weighted by Crippen LogP contribution is 2.50. The molecule has 38 heavy (non-hydrogen) atoms. The average molecular weight is 501 g/mol. The van der Waals surface area contributed by atoms with Crippen molar-refractivity contribution in [3.05, 3.63) is 68.8 Å². The van der Waals surface area contributed by atoms with Crippen LogP contribution in [-0.2, 0) is 0 Å². The zero-order valence-electron chi connectivity index (χ0n) is 22.9. The molecule has 0 atom stereocenters.